The van der Waals surface area contributed by atoms with E-state index in [9.17, 15) is 13.2 Å². The molecular formula is C20H23ClN2O4S. The highest BCUT2D eigenvalue weighted by Crippen LogP contribution is 2.28. The number of benzene rings is 2. The number of nitrogens with one attached hydrogen (secondary N) is 1. The maximum absolute atomic E-state index is 13.1. The number of hydrogen-bond donors (Lipinski definition) is 1. The highest BCUT2D eigenvalue weighted by Gasteiger charge is 2.33. The Morgan fingerprint density at radius 1 is 1.11 bits per heavy atom. The summed E-state index contributed by atoms with van der Waals surface area (Å²) in [4.78, 5) is 12.5. The minimum absolute atomic E-state index is 0.0768. The molecule has 0 bridgehead atoms. The third-order valence-electron chi connectivity index (χ3n) is 4.51. The van der Waals surface area contributed by atoms with Crippen molar-refractivity contribution in [2.24, 2.45) is 0 Å². The van der Waals surface area contributed by atoms with E-state index in [1.165, 1.54) is 22.5 Å². The Balaban J connectivity index is 1.88. The van der Waals surface area contributed by atoms with Crippen LogP contribution in [0.25, 0.3) is 0 Å². The molecule has 0 unspecified atom stereocenters. The molecule has 2 aromatic carbocycles. The maximum Gasteiger partial charge on any atom is 0.255 e. The van der Waals surface area contributed by atoms with Crippen molar-refractivity contribution in [3.8, 4) is 0 Å². The fourth-order valence-corrected chi connectivity index (χ4v) is 5.24. The number of carbonyl (C=O) groups excluding carboxylic acids is 1. The first kappa shape index (κ1) is 20.8. The van der Waals surface area contributed by atoms with E-state index >= 15 is 0 Å². The van der Waals surface area contributed by atoms with Gasteiger partial charge in [-0.3, -0.25) is 4.79 Å². The number of halogens is 1. The summed E-state index contributed by atoms with van der Waals surface area (Å²) in [6.45, 7) is 6.08. The molecule has 8 heteroatoms. The van der Waals surface area contributed by atoms with Gasteiger partial charge in [0.15, 0.2) is 0 Å². The molecule has 1 fully saturated rings. The summed E-state index contributed by atoms with van der Waals surface area (Å²) in [5, 5.41) is 2.85. The number of sulfonamides is 1. The van der Waals surface area contributed by atoms with Crippen LogP contribution in [0.15, 0.2) is 47.4 Å². The van der Waals surface area contributed by atoms with E-state index in [-0.39, 0.29) is 40.8 Å². The minimum atomic E-state index is -3.85. The third-order valence-corrected chi connectivity index (χ3v) is 6.82. The molecule has 1 aliphatic rings. The molecule has 2 aromatic rings. The van der Waals surface area contributed by atoms with Crippen LogP contribution < -0.4 is 5.32 Å². The molecule has 3 rings (SSSR count). The highest BCUT2D eigenvalue weighted by molar-refractivity contribution is 7.89. The van der Waals surface area contributed by atoms with E-state index in [1.54, 1.807) is 12.1 Å². The van der Waals surface area contributed by atoms with Crippen LogP contribution in [0.1, 0.15) is 29.8 Å². The average molecular weight is 423 g/mol. The summed E-state index contributed by atoms with van der Waals surface area (Å²) in [6, 6.07) is 11.6. The van der Waals surface area contributed by atoms with Gasteiger partial charge in [-0.05, 0) is 51.1 Å². The molecule has 1 amide bonds. The average Bonchev–Trinajstić information content (AvgIpc) is 2.63. The Morgan fingerprint density at radius 2 is 1.71 bits per heavy atom. The molecule has 0 saturated carbocycles. The van der Waals surface area contributed by atoms with Crippen LogP contribution in [0.2, 0.25) is 5.02 Å². The molecular weight excluding hydrogens is 400 g/mol. The zero-order valence-corrected chi connectivity index (χ0v) is 17.5. The van der Waals surface area contributed by atoms with Crippen LogP contribution in [0.3, 0.4) is 0 Å². The number of carbonyl (C=O) groups is 1. The molecule has 0 aromatic heterocycles. The quantitative estimate of drug-likeness (QED) is 0.815. The van der Waals surface area contributed by atoms with Gasteiger partial charge in [-0.15, -0.1) is 0 Å². The molecule has 1 aliphatic heterocycles. The summed E-state index contributed by atoms with van der Waals surface area (Å²) < 4.78 is 33.2. The number of morpholine rings is 1. The summed E-state index contributed by atoms with van der Waals surface area (Å²) in [6.07, 6.45) is -0.435. The van der Waals surface area contributed by atoms with Crippen molar-refractivity contribution < 1.29 is 17.9 Å². The van der Waals surface area contributed by atoms with Crippen LogP contribution in [-0.4, -0.2) is 43.9 Å². The first-order chi connectivity index (χ1) is 13.2. The second kappa shape index (κ2) is 8.21. The van der Waals surface area contributed by atoms with E-state index in [0.29, 0.717) is 5.69 Å². The first-order valence-electron chi connectivity index (χ1n) is 9.00. The van der Waals surface area contributed by atoms with E-state index < -0.39 is 15.9 Å². The maximum atomic E-state index is 13.1. The minimum Gasteiger partial charge on any atom is -0.373 e. The van der Waals surface area contributed by atoms with Crippen LogP contribution in [0, 0.1) is 6.92 Å². The number of ether oxygens (including phenoxy) is 1. The van der Waals surface area contributed by atoms with Gasteiger partial charge in [0.05, 0.1) is 17.2 Å². The zero-order valence-electron chi connectivity index (χ0n) is 16.0. The summed E-state index contributed by atoms with van der Waals surface area (Å²) in [5.74, 6) is -0.402. The van der Waals surface area contributed by atoms with Gasteiger partial charge in [0, 0.05) is 24.3 Å². The van der Waals surface area contributed by atoms with Gasteiger partial charge in [0.25, 0.3) is 5.91 Å². The molecule has 2 atom stereocenters. The Labute approximate surface area is 170 Å². The fourth-order valence-electron chi connectivity index (χ4n) is 3.15. The van der Waals surface area contributed by atoms with Crippen LogP contribution in [0.4, 0.5) is 5.69 Å². The fraction of sp³-hybridized carbons (Fsp3) is 0.350. The van der Waals surface area contributed by atoms with Crippen molar-refractivity contribution in [2.75, 3.05) is 18.4 Å². The number of anilines is 1. The monoisotopic (exact) mass is 422 g/mol. The lowest BCUT2D eigenvalue weighted by Gasteiger charge is -2.34. The molecule has 1 saturated heterocycles. The predicted octanol–water partition coefficient (Wildman–Crippen LogP) is 3.70. The van der Waals surface area contributed by atoms with Crippen molar-refractivity contribution in [1.29, 1.82) is 0 Å². The Hall–Kier alpha value is -1.93. The summed E-state index contributed by atoms with van der Waals surface area (Å²) in [5.41, 5.74) is 1.93. The highest BCUT2D eigenvalue weighted by atomic mass is 35.5. The van der Waals surface area contributed by atoms with Gasteiger partial charge in [0.1, 0.15) is 4.90 Å². The number of amides is 1. The normalized spacial score (nSPS) is 20.7. The van der Waals surface area contributed by atoms with Gasteiger partial charge in [-0.1, -0.05) is 29.3 Å². The van der Waals surface area contributed by atoms with Gasteiger partial charge >= 0.3 is 0 Å². The van der Waals surface area contributed by atoms with Crippen LogP contribution in [-0.2, 0) is 14.8 Å². The SMILES string of the molecule is Cc1ccc(NC(=O)c2ccc(Cl)c(S(=O)(=O)N3C[C@@H](C)O[C@H](C)C3)c2)cc1. The number of hydrogen-bond acceptors (Lipinski definition) is 4. The van der Waals surface area contributed by atoms with E-state index in [1.807, 2.05) is 32.9 Å². The molecule has 1 heterocycles. The largest absolute Gasteiger partial charge is 0.373 e. The van der Waals surface area contributed by atoms with Gasteiger partial charge in [-0.25, -0.2) is 8.42 Å². The van der Waals surface area contributed by atoms with Crippen LogP contribution in [0.5, 0.6) is 0 Å². The zero-order chi connectivity index (χ0) is 20.5. The second-order valence-electron chi connectivity index (χ2n) is 7.04. The third kappa shape index (κ3) is 4.55. The number of nitrogens with zero attached hydrogens (tertiary/aromatic N) is 1. The van der Waals surface area contributed by atoms with Crippen LogP contribution >= 0.6 is 11.6 Å². The van der Waals surface area contributed by atoms with Crippen molar-refractivity contribution in [3.05, 3.63) is 58.6 Å². The molecule has 0 aliphatic carbocycles. The van der Waals surface area contributed by atoms with Crippen molar-refractivity contribution in [1.82, 2.24) is 4.31 Å². The van der Waals surface area contributed by atoms with E-state index in [0.717, 1.165) is 5.56 Å². The first-order valence-corrected chi connectivity index (χ1v) is 10.8. The Morgan fingerprint density at radius 3 is 2.32 bits per heavy atom. The van der Waals surface area contributed by atoms with E-state index in [4.69, 9.17) is 16.3 Å². The Bertz CT molecular complexity index is 966. The molecule has 28 heavy (non-hydrogen) atoms. The number of aryl methyl sites for hydroxylation is 1. The van der Waals surface area contributed by atoms with Gasteiger partial charge < -0.3 is 10.1 Å². The summed E-state index contributed by atoms with van der Waals surface area (Å²) >= 11 is 6.19. The second-order valence-corrected chi connectivity index (χ2v) is 9.36. The lowest BCUT2D eigenvalue weighted by Crippen LogP contribution is -2.48. The van der Waals surface area contributed by atoms with E-state index in [2.05, 4.69) is 5.32 Å². The summed E-state index contributed by atoms with van der Waals surface area (Å²) in [7, 11) is -3.85. The van der Waals surface area contributed by atoms with Crippen molar-refractivity contribution >= 4 is 33.2 Å². The molecule has 0 radical (unpaired) electrons. The molecule has 1 N–H and O–H groups in total. The molecule has 0 spiro atoms. The topological polar surface area (TPSA) is 75.7 Å². The van der Waals surface area contributed by atoms with Crippen molar-refractivity contribution in [3.63, 3.8) is 0 Å². The smallest absolute Gasteiger partial charge is 0.255 e. The Kier molecular flexibility index (Phi) is 6.09. The van der Waals surface area contributed by atoms with Gasteiger partial charge in [-0.2, -0.15) is 4.31 Å². The number of rotatable bonds is 4. The molecule has 150 valence electrons. The van der Waals surface area contributed by atoms with Crippen molar-refractivity contribution in [2.45, 2.75) is 37.9 Å². The lowest BCUT2D eigenvalue weighted by atomic mass is 10.2. The molecule has 6 nitrogen and oxygen atoms in total. The lowest BCUT2D eigenvalue weighted by molar-refractivity contribution is -0.0440. The standard InChI is InChI=1S/C20H23ClN2O4S/c1-13-4-7-17(8-5-13)22-20(24)16-6-9-18(21)19(10-16)28(25,26)23-11-14(2)27-15(3)12-23/h4-10,14-15H,11-12H2,1-3H3,(H,22,24)/t14-,15-/m1/s1. The van der Waals surface area contributed by atoms with Gasteiger partial charge in [0.2, 0.25) is 10.0 Å². The predicted molar refractivity (Wildman–Crippen MR) is 109 cm³/mol.